The van der Waals surface area contributed by atoms with Crippen molar-refractivity contribution < 1.29 is 37.8 Å². The molecule has 0 aliphatic carbocycles. The first-order valence-electron chi connectivity index (χ1n) is 13.6. The third-order valence-corrected chi connectivity index (χ3v) is 8.74. The number of carboxylic acid groups (broad SMARTS) is 2. The van der Waals surface area contributed by atoms with E-state index < -0.39 is 56.8 Å². The Hall–Kier alpha value is -4.30. The predicted molar refractivity (Wildman–Crippen MR) is 162 cm³/mol. The SMILES string of the molecule is C[C@H](N[C@@H](CCc1ccccc1)C(=O)O)C(=O)N1Cc2cc(NC(=O)c3ccc(Cl)c(S(N)(=O)=O)c3)ccc2CC1C(=O)O. The Balaban J connectivity index is 1.50. The van der Waals surface area contributed by atoms with E-state index in [1.54, 1.807) is 18.2 Å². The Morgan fingerprint density at radius 3 is 2.36 bits per heavy atom. The van der Waals surface area contributed by atoms with Gasteiger partial charge in [0.15, 0.2) is 0 Å². The van der Waals surface area contributed by atoms with Crippen molar-refractivity contribution in [2.75, 3.05) is 5.32 Å². The molecular weight excluding hydrogens is 612 g/mol. The first-order valence-corrected chi connectivity index (χ1v) is 15.5. The average molecular weight is 643 g/mol. The standard InChI is InChI=1S/C30H31ClN4O8S/c1-17(33-24(29(38)39)12-7-18-5-3-2-4-6-18)28(37)35-16-21-13-22(10-8-19(21)14-25(35)30(40)41)34-27(36)20-9-11-23(31)26(15-20)44(32,42)43/h2-6,8-11,13,15,17,24-25,33H,7,12,14,16H2,1H3,(H,34,36)(H,38,39)(H,40,41)(H2,32,42,43)/t17-,24-,25?/m0/s1. The summed E-state index contributed by atoms with van der Waals surface area (Å²) in [5, 5.41) is 30.2. The molecule has 0 spiro atoms. The van der Waals surface area contributed by atoms with Gasteiger partial charge < -0.3 is 20.4 Å². The number of carbonyl (C=O) groups is 4. The van der Waals surface area contributed by atoms with Crippen LogP contribution in [0.5, 0.6) is 0 Å². The van der Waals surface area contributed by atoms with Gasteiger partial charge in [0.05, 0.1) is 11.1 Å². The summed E-state index contributed by atoms with van der Waals surface area (Å²) in [6.07, 6.45) is 0.689. The summed E-state index contributed by atoms with van der Waals surface area (Å²) in [7, 11) is -4.17. The number of anilines is 1. The number of nitrogens with two attached hydrogens (primary N) is 1. The van der Waals surface area contributed by atoms with Crippen molar-refractivity contribution in [3.8, 4) is 0 Å². The van der Waals surface area contributed by atoms with Crippen LogP contribution in [-0.2, 0) is 43.8 Å². The largest absolute Gasteiger partial charge is 0.480 e. The van der Waals surface area contributed by atoms with Crippen LogP contribution in [0.1, 0.15) is 40.4 Å². The number of amides is 2. The van der Waals surface area contributed by atoms with Gasteiger partial charge in [-0.1, -0.05) is 48.0 Å². The highest BCUT2D eigenvalue weighted by Crippen LogP contribution is 2.28. The van der Waals surface area contributed by atoms with E-state index in [1.807, 2.05) is 30.3 Å². The molecule has 1 unspecified atom stereocenters. The van der Waals surface area contributed by atoms with E-state index in [1.165, 1.54) is 24.0 Å². The summed E-state index contributed by atoms with van der Waals surface area (Å²) in [6, 6.07) is 14.5. The third kappa shape index (κ3) is 7.80. The summed E-state index contributed by atoms with van der Waals surface area (Å²) in [6.45, 7) is 1.40. The molecule has 6 N–H and O–H groups in total. The van der Waals surface area contributed by atoms with Gasteiger partial charge in [-0.15, -0.1) is 0 Å². The summed E-state index contributed by atoms with van der Waals surface area (Å²) >= 11 is 5.91. The van der Waals surface area contributed by atoms with E-state index in [4.69, 9.17) is 16.7 Å². The van der Waals surface area contributed by atoms with Crippen molar-refractivity contribution in [1.82, 2.24) is 10.2 Å². The summed E-state index contributed by atoms with van der Waals surface area (Å²) in [5.41, 5.74) is 2.50. The Morgan fingerprint density at radius 2 is 1.73 bits per heavy atom. The Bertz CT molecular complexity index is 1700. The van der Waals surface area contributed by atoms with Gasteiger partial charge in [-0.2, -0.15) is 0 Å². The molecule has 0 aromatic heterocycles. The molecule has 0 saturated heterocycles. The average Bonchev–Trinajstić information content (AvgIpc) is 2.97. The van der Waals surface area contributed by atoms with Gasteiger partial charge >= 0.3 is 11.9 Å². The van der Waals surface area contributed by atoms with E-state index >= 15 is 0 Å². The molecule has 0 bridgehead atoms. The number of carboxylic acids is 2. The molecule has 4 rings (SSSR count). The monoisotopic (exact) mass is 642 g/mol. The van der Waals surface area contributed by atoms with Crippen LogP contribution in [0.15, 0.2) is 71.6 Å². The number of aliphatic carboxylic acids is 2. The highest BCUT2D eigenvalue weighted by atomic mass is 35.5. The fourth-order valence-electron chi connectivity index (χ4n) is 5.04. The van der Waals surface area contributed by atoms with Crippen LogP contribution >= 0.6 is 11.6 Å². The lowest BCUT2D eigenvalue weighted by molar-refractivity contribution is -0.152. The molecular formula is C30H31ClN4O8S. The second kappa shape index (κ2) is 13.6. The molecule has 0 saturated carbocycles. The minimum atomic E-state index is -4.17. The number of carbonyl (C=O) groups excluding carboxylic acids is 2. The maximum atomic E-state index is 13.5. The normalized spacial score (nSPS) is 16.0. The lowest BCUT2D eigenvalue weighted by Gasteiger charge is -2.36. The molecule has 0 fully saturated rings. The van der Waals surface area contributed by atoms with E-state index in [9.17, 15) is 37.8 Å². The summed E-state index contributed by atoms with van der Waals surface area (Å²) in [5.74, 6) is -3.57. The number of nitrogens with zero attached hydrogens (tertiary/aromatic N) is 1. The fraction of sp³-hybridized carbons (Fsp3) is 0.267. The van der Waals surface area contributed by atoms with Crippen LogP contribution in [-0.4, -0.2) is 65.4 Å². The van der Waals surface area contributed by atoms with Gasteiger partial charge in [0.1, 0.15) is 17.0 Å². The smallest absolute Gasteiger partial charge is 0.326 e. The zero-order chi connectivity index (χ0) is 32.2. The molecule has 3 atom stereocenters. The van der Waals surface area contributed by atoms with Crippen molar-refractivity contribution in [2.45, 2.75) is 55.8 Å². The highest BCUT2D eigenvalue weighted by Gasteiger charge is 2.37. The molecule has 3 aromatic carbocycles. The van der Waals surface area contributed by atoms with Crippen molar-refractivity contribution in [1.29, 1.82) is 0 Å². The lowest BCUT2D eigenvalue weighted by atomic mass is 9.92. The van der Waals surface area contributed by atoms with Gasteiger partial charge in [0.25, 0.3) is 5.91 Å². The van der Waals surface area contributed by atoms with Crippen molar-refractivity contribution in [2.24, 2.45) is 5.14 Å². The summed E-state index contributed by atoms with van der Waals surface area (Å²) < 4.78 is 23.6. The van der Waals surface area contributed by atoms with Gasteiger partial charge in [0.2, 0.25) is 15.9 Å². The molecule has 1 heterocycles. The third-order valence-electron chi connectivity index (χ3n) is 7.35. The number of rotatable bonds is 11. The first-order chi connectivity index (χ1) is 20.7. The van der Waals surface area contributed by atoms with Gasteiger partial charge in [-0.25, -0.2) is 18.4 Å². The molecule has 3 aromatic rings. The number of benzene rings is 3. The number of hydrogen-bond donors (Lipinski definition) is 5. The second-order valence-electron chi connectivity index (χ2n) is 10.5. The van der Waals surface area contributed by atoms with Crippen molar-refractivity contribution in [3.63, 3.8) is 0 Å². The molecule has 12 nitrogen and oxygen atoms in total. The number of fused-ring (bicyclic) bond motifs is 1. The number of halogens is 1. The maximum Gasteiger partial charge on any atom is 0.326 e. The Labute approximate surface area is 258 Å². The molecule has 1 aliphatic heterocycles. The molecule has 0 radical (unpaired) electrons. The zero-order valence-electron chi connectivity index (χ0n) is 23.6. The number of primary sulfonamides is 1. The quantitative estimate of drug-likeness (QED) is 0.209. The van der Waals surface area contributed by atoms with Crippen molar-refractivity contribution >= 4 is 51.1 Å². The number of sulfonamides is 1. The van der Waals surface area contributed by atoms with Crippen molar-refractivity contribution in [3.05, 3.63) is 94.0 Å². The van der Waals surface area contributed by atoms with Gasteiger partial charge in [0, 0.05) is 24.2 Å². The molecule has 232 valence electrons. The van der Waals surface area contributed by atoms with E-state index in [-0.39, 0.29) is 30.0 Å². The highest BCUT2D eigenvalue weighted by molar-refractivity contribution is 7.89. The first kappa shape index (κ1) is 32.6. The molecule has 1 aliphatic rings. The van der Waals surface area contributed by atoms with E-state index in [0.717, 1.165) is 11.6 Å². The lowest BCUT2D eigenvalue weighted by Crippen LogP contribution is -2.56. The predicted octanol–water partition coefficient (Wildman–Crippen LogP) is 2.64. The van der Waals surface area contributed by atoms with Crippen LogP contribution in [0, 0.1) is 0 Å². The summed E-state index contributed by atoms with van der Waals surface area (Å²) in [4.78, 5) is 51.3. The molecule has 2 amide bonds. The Kier molecular flexibility index (Phi) is 10.0. The van der Waals surface area contributed by atoms with E-state index in [2.05, 4.69) is 10.6 Å². The van der Waals surface area contributed by atoms with Gasteiger partial charge in [-0.05, 0) is 66.8 Å². The van der Waals surface area contributed by atoms with Crippen LogP contribution in [0.2, 0.25) is 5.02 Å². The number of aryl methyl sites for hydroxylation is 1. The second-order valence-corrected chi connectivity index (χ2v) is 12.4. The van der Waals surface area contributed by atoms with Gasteiger partial charge in [-0.3, -0.25) is 19.7 Å². The minimum absolute atomic E-state index is 0.00260. The molecule has 14 heteroatoms. The fourth-order valence-corrected chi connectivity index (χ4v) is 6.11. The van der Waals surface area contributed by atoms with Crippen LogP contribution in [0.25, 0.3) is 0 Å². The van der Waals surface area contributed by atoms with E-state index in [0.29, 0.717) is 23.2 Å². The van der Waals surface area contributed by atoms with Crippen LogP contribution in [0.4, 0.5) is 5.69 Å². The maximum absolute atomic E-state index is 13.5. The minimum Gasteiger partial charge on any atom is -0.480 e. The number of nitrogens with one attached hydrogen (secondary N) is 2. The Morgan fingerprint density at radius 1 is 1.02 bits per heavy atom. The molecule has 44 heavy (non-hydrogen) atoms. The van der Waals surface area contributed by atoms with Crippen LogP contribution < -0.4 is 15.8 Å². The van der Waals surface area contributed by atoms with Crippen LogP contribution in [0.3, 0.4) is 0 Å². The number of hydrogen-bond acceptors (Lipinski definition) is 7. The zero-order valence-corrected chi connectivity index (χ0v) is 25.1. The topological polar surface area (TPSA) is 196 Å².